The summed E-state index contributed by atoms with van der Waals surface area (Å²) in [7, 11) is 0. The first-order valence-corrected chi connectivity index (χ1v) is 6.39. The third kappa shape index (κ3) is 3.35. The van der Waals surface area contributed by atoms with Gasteiger partial charge in [0.15, 0.2) is 0 Å². The molecule has 0 atom stereocenters. The van der Waals surface area contributed by atoms with Gasteiger partial charge in [-0.2, -0.15) is 0 Å². The number of rotatable bonds is 5. The van der Waals surface area contributed by atoms with Gasteiger partial charge in [-0.05, 0) is 42.7 Å². The molecule has 0 aromatic heterocycles. The van der Waals surface area contributed by atoms with Gasteiger partial charge in [-0.15, -0.1) is 0 Å². The van der Waals surface area contributed by atoms with Gasteiger partial charge in [-0.25, -0.2) is 9.18 Å². The third-order valence-electron chi connectivity index (χ3n) is 3.18. The smallest absolute Gasteiger partial charge is 0.338 e. The largest absolute Gasteiger partial charge is 0.478 e. The first-order chi connectivity index (χ1) is 9.58. The number of hydrogen-bond acceptors (Lipinski definition) is 2. The molecule has 0 amide bonds. The molecule has 20 heavy (non-hydrogen) atoms. The van der Waals surface area contributed by atoms with E-state index in [2.05, 4.69) is 24.4 Å². The summed E-state index contributed by atoms with van der Waals surface area (Å²) >= 11 is 0. The van der Waals surface area contributed by atoms with Crippen molar-refractivity contribution in [3.8, 4) is 0 Å². The van der Waals surface area contributed by atoms with Gasteiger partial charge in [0.2, 0.25) is 0 Å². The van der Waals surface area contributed by atoms with E-state index < -0.39 is 11.8 Å². The molecule has 0 spiro atoms. The number of anilines is 1. The molecular weight excluding hydrogens is 257 g/mol. The number of aromatic carboxylic acids is 1. The lowest BCUT2D eigenvalue weighted by Gasteiger charge is -2.09. The zero-order valence-corrected chi connectivity index (χ0v) is 11.2. The highest BCUT2D eigenvalue weighted by Gasteiger charge is 2.10. The topological polar surface area (TPSA) is 49.3 Å². The summed E-state index contributed by atoms with van der Waals surface area (Å²) in [5.74, 6) is -1.98. The van der Waals surface area contributed by atoms with Crippen LogP contribution in [0.3, 0.4) is 0 Å². The number of carbonyl (C=O) groups is 1. The number of hydrogen-bond donors (Lipinski definition) is 2. The van der Waals surface area contributed by atoms with Crippen molar-refractivity contribution in [3.05, 3.63) is 65.0 Å². The Labute approximate surface area is 117 Å². The molecular formula is C16H16FNO2. The molecule has 3 nitrogen and oxygen atoms in total. The third-order valence-corrected chi connectivity index (χ3v) is 3.18. The van der Waals surface area contributed by atoms with Gasteiger partial charge < -0.3 is 10.4 Å². The molecule has 0 bridgehead atoms. The van der Waals surface area contributed by atoms with Crippen LogP contribution >= 0.6 is 0 Å². The van der Waals surface area contributed by atoms with Crippen LogP contribution in [0, 0.1) is 12.7 Å². The molecule has 0 aliphatic carbocycles. The Hall–Kier alpha value is -2.36. The average molecular weight is 273 g/mol. The Balaban J connectivity index is 1.97. The molecule has 0 fully saturated rings. The van der Waals surface area contributed by atoms with Crippen LogP contribution in [0.2, 0.25) is 0 Å². The van der Waals surface area contributed by atoms with Gasteiger partial charge >= 0.3 is 5.97 Å². The molecule has 2 rings (SSSR count). The van der Waals surface area contributed by atoms with Gasteiger partial charge in [0, 0.05) is 12.2 Å². The molecule has 2 aromatic rings. The molecule has 0 unspecified atom stereocenters. The fourth-order valence-electron chi connectivity index (χ4n) is 2.03. The Morgan fingerprint density at radius 1 is 1.25 bits per heavy atom. The summed E-state index contributed by atoms with van der Waals surface area (Å²) in [6, 6.07) is 12.1. The summed E-state index contributed by atoms with van der Waals surface area (Å²) in [5.41, 5.74) is 2.74. The predicted octanol–water partition coefficient (Wildman–Crippen LogP) is 3.49. The van der Waals surface area contributed by atoms with Gasteiger partial charge in [0.05, 0.1) is 5.56 Å². The molecule has 0 radical (unpaired) electrons. The lowest BCUT2D eigenvalue weighted by atomic mass is 10.1. The quantitative estimate of drug-likeness (QED) is 0.876. The number of carboxylic acid groups (broad SMARTS) is 1. The number of halogens is 1. The van der Waals surface area contributed by atoms with Crippen molar-refractivity contribution >= 4 is 11.7 Å². The minimum absolute atomic E-state index is 0.311. The summed E-state index contributed by atoms with van der Waals surface area (Å²) < 4.78 is 13.5. The summed E-state index contributed by atoms with van der Waals surface area (Å²) in [6.07, 6.45) is 0.828. The summed E-state index contributed by atoms with van der Waals surface area (Å²) in [4.78, 5) is 10.7. The highest BCUT2D eigenvalue weighted by atomic mass is 19.1. The van der Waals surface area contributed by atoms with E-state index in [9.17, 15) is 9.18 Å². The highest BCUT2D eigenvalue weighted by Crippen LogP contribution is 2.15. The highest BCUT2D eigenvalue weighted by molar-refractivity contribution is 5.88. The summed E-state index contributed by atoms with van der Waals surface area (Å²) in [6.45, 7) is 2.72. The molecule has 0 saturated carbocycles. The SMILES string of the molecule is Cc1ccccc1CCNc1ccc(C(=O)O)c(F)c1. The Morgan fingerprint density at radius 3 is 2.65 bits per heavy atom. The fourth-order valence-corrected chi connectivity index (χ4v) is 2.03. The van der Waals surface area contributed by atoms with Crippen molar-refractivity contribution in [2.75, 3.05) is 11.9 Å². The molecule has 0 aliphatic rings. The molecule has 2 aromatic carbocycles. The fraction of sp³-hybridized carbons (Fsp3) is 0.188. The van der Waals surface area contributed by atoms with Crippen molar-refractivity contribution in [3.63, 3.8) is 0 Å². The van der Waals surface area contributed by atoms with Crippen LogP contribution in [0.5, 0.6) is 0 Å². The second kappa shape index (κ2) is 6.19. The molecule has 0 saturated heterocycles. The molecule has 2 N–H and O–H groups in total. The molecule has 104 valence electrons. The van der Waals surface area contributed by atoms with E-state index in [0.29, 0.717) is 12.2 Å². The van der Waals surface area contributed by atoms with Gasteiger partial charge in [0.1, 0.15) is 5.82 Å². The van der Waals surface area contributed by atoms with E-state index in [-0.39, 0.29) is 5.56 Å². The van der Waals surface area contributed by atoms with Crippen molar-refractivity contribution in [2.24, 2.45) is 0 Å². The minimum Gasteiger partial charge on any atom is -0.478 e. The second-order valence-electron chi connectivity index (χ2n) is 4.60. The van der Waals surface area contributed by atoms with Crippen LogP contribution in [0.25, 0.3) is 0 Å². The summed E-state index contributed by atoms with van der Waals surface area (Å²) in [5, 5.41) is 11.8. The lowest BCUT2D eigenvalue weighted by molar-refractivity contribution is 0.0692. The van der Waals surface area contributed by atoms with Crippen LogP contribution in [0.15, 0.2) is 42.5 Å². The second-order valence-corrected chi connectivity index (χ2v) is 4.60. The molecule has 4 heteroatoms. The van der Waals surface area contributed by atoms with E-state index >= 15 is 0 Å². The standard InChI is InChI=1S/C16H16FNO2/c1-11-4-2-3-5-12(11)8-9-18-13-6-7-14(16(19)20)15(17)10-13/h2-7,10,18H,8-9H2,1H3,(H,19,20). The van der Waals surface area contributed by atoms with Crippen LogP contribution in [-0.4, -0.2) is 17.6 Å². The van der Waals surface area contributed by atoms with E-state index in [0.717, 1.165) is 6.42 Å². The predicted molar refractivity (Wildman–Crippen MR) is 76.7 cm³/mol. The lowest BCUT2D eigenvalue weighted by Crippen LogP contribution is -2.07. The maximum absolute atomic E-state index is 13.5. The minimum atomic E-state index is -1.26. The van der Waals surface area contributed by atoms with Crippen molar-refractivity contribution in [2.45, 2.75) is 13.3 Å². The van der Waals surface area contributed by atoms with E-state index in [1.54, 1.807) is 6.07 Å². The molecule has 0 heterocycles. The van der Waals surface area contributed by atoms with Gasteiger partial charge in [-0.1, -0.05) is 24.3 Å². The van der Waals surface area contributed by atoms with Crippen LogP contribution in [-0.2, 0) is 6.42 Å². The van der Waals surface area contributed by atoms with E-state index in [4.69, 9.17) is 5.11 Å². The van der Waals surface area contributed by atoms with E-state index in [1.807, 2.05) is 12.1 Å². The van der Waals surface area contributed by atoms with Crippen LogP contribution in [0.1, 0.15) is 21.5 Å². The number of benzene rings is 2. The Bertz CT molecular complexity index is 626. The van der Waals surface area contributed by atoms with Crippen LogP contribution in [0.4, 0.5) is 10.1 Å². The first-order valence-electron chi connectivity index (χ1n) is 6.39. The monoisotopic (exact) mass is 273 g/mol. The van der Waals surface area contributed by atoms with Crippen molar-refractivity contribution in [1.82, 2.24) is 0 Å². The van der Waals surface area contributed by atoms with Crippen molar-refractivity contribution in [1.29, 1.82) is 0 Å². The Morgan fingerprint density at radius 2 is 2.00 bits per heavy atom. The van der Waals surface area contributed by atoms with Crippen molar-refractivity contribution < 1.29 is 14.3 Å². The molecule has 0 aliphatic heterocycles. The zero-order valence-electron chi connectivity index (χ0n) is 11.2. The maximum atomic E-state index is 13.5. The number of carboxylic acids is 1. The zero-order chi connectivity index (χ0) is 14.5. The Kier molecular flexibility index (Phi) is 4.35. The normalized spacial score (nSPS) is 10.3. The average Bonchev–Trinajstić information content (AvgIpc) is 2.40. The number of nitrogens with one attached hydrogen (secondary N) is 1. The van der Waals surface area contributed by atoms with Gasteiger partial charge in [0.25, 0.3) is 0 Å². The van der Waals surface area contributed by atoms with E-state index in [1.165, 1.54) is 23.3 Å². The van der Waals surface area contributed by atoms with Gasteiger partial charge in [-0.3, -0.25) is 0 Å². The first kappa shape index (κ1) is 14.1. The number of aryl methyl sites for hydroxylation is 1. The maximum Gasteiger partial charge on any atom is 0.338 e. The van der Waals surface area contributed by atoms with Crippen LogP contribution < -0.4 is 5.32 Å².